The molecule has 0 radical (unpaired) electrons. The molecule has 2 N–H and O–H groups in total. The second kappa shape index (κ2) is 9.00. The number of aromatic nitrogens is 2. The summed E-state index contributed by atoms with van der Waals surface area (Å²) in [6.45, 7) is 3.04. The Morgan fingerprint density at radius 1 is 1.15 bits per heavy atom. The molecule has 2 rings (SSSR count). The van der Waals surface area contributed by atoms with Crippen molar-refractivity contribution >= 4 is 17.4 Å². The Bertz CT molecular complexity index is 764. The first-order chi connectivity index (χ1) is 12.4. The number of nitrogens with one attached hydrogen (secondary N) is 2. The van der Waals surface area contributed by atoms with Gasteiger partial charge in [0, 0.05) is 25.2 Å². The summed E-state index contributed by atoms with van der Waals surface area (Å²) in [4.78, 5) is 22.9. The minimum Gasteiger partial charge on any atom is -0.497 e. The average Bonchev–Trinajstić information content (AvgIpc) is 2.61. The van der Waals surface area contributed by atoms with E-state index in [1.165, 1.54) is 0 Å². The quantitative estimate of drug-likeness (QED) is 0.743. The molecule has 1 aromatic carbocycles. The van der Waals surface area contributed by atoms with E-state index in [2.05, 4.69) is 20.6 Å². The van der Waals surface area contributed by atoms with Crippen LogP contribution in [0.2, 0.25) is 0 Å². The van der Waals surface area contributed by atoms with Crippen LogP contribution in [-0.4, -0.2) is 62.2 Å². The van der Waals surface area contributed by atoms with Gasteiger partial charge in [-0.3, -0.25) is 4.79 Å². The zero-order valence-electron chi connectivity index (χ0n) is 15.8. The molecule has 140 valence electrons. The van der Waals surface area contributed by atoms with Crippen molar-refractivity contribution in [2.45, 2.75) is 6.92 Å². The van der Waals surface area contributed by atoms with Crippen molar-refractivity contribution < 1.29 is 14.3 Å². The summed E-state index contributed by atoms with van der Waals surface area (Å²) in [5, 5.41) is 6.01. The molecule has 0 aliphatic rings. The van der Waals surface area contributed by atoms with E-state index in [0.29, 0.717) is 41.1 Å². The van der Waals surface area contributed by atoms with Crippen LogP contribution in [0.15, 0.2) is 24.3 Å². The number of amides is 1. The molecule has 1 amide bonds. The number of nitrogens with zero attached hydrogens (tertiary/aromatic N) is 3. The predicted octanol–water partition coefficient (Wildman–Crippen LogP) is 1.84. The third-order valence-electron chi connectivity index (χ3n) is 3.59. The number of rotatable bonds is 8. The molecule has 0 bridgehead atoms. The second-order valence-electron chi connectivity index (χ2n) is 5.94. The Balaban J connectivity index is 2.18. The van der Waals surface area contributed by atoms with Gasteiger partial charge in [-0.1, -0.05) is 0 Å². The van der Waals surface area contributed by atoms with Crippen LogP contribution in [0.1, 0.15) is 16.3 Å². The molecular weight excluding hydrogens is 334 g/mol. The third-order valence-corrected chi connectivity index (χ3v) is 3.59. The fraction of sp³-hybridized carbons (Fsp3) is 0.389. The number of anilines is 2. The number of likely N-dealkylation sites (N-methyl/N-ethyl adjacent to an activating group) is 1. The highest BCUT2D eigenvalue weighted by atomic mass is 16.5. The van der Waals surface area contributed by atoms with Crippen molar-refractivity contribution in [3.05, 3.63) is 35.8 Å². The number of methoxy groups -OCH3 is 2. The number of carbonyl (C=O) groups is 1. The minimum atomic E-state index is -0.234. The first kappa shape index (κ1) is 19.5. The van der Waals surface area contributed by atoms with Crippen molar-refractivity contribution in [3.63, 3.8) is 0 Å². The highest BCUT2D eigenvalue weighted by molar-refractivity contribution is 5.93. The normalized spacial score (nSPS) is 10.5. The monoisotopic (exact) mass is 359 g/mol. The lowest BCUT2D eigenvalue weighted by molar-refractivity contribution is 0.0945. The van der Waals surface area contributed by atoms with E-state index in [0.717, 1.165) is 6.54 Å². The van der Waals surface area contributed by atoms with Gasteiger partial charge in [0.2, 0.25) is 0 Å². The zero-order valence-corrected chi connectivity index (χ0v) is 15.8. The van der Waals surface area contributed by atoms with Crippen LogP contribution in [0.4, 0.5) is 11.5 Å². The standard InChI is InChI=1S/C18H25N5O3/c1-12-20-15(18(24)19-8-9-23(2)3)11-17(21-12)22-14-7-6-13(25-4)10-16(14)26-5/h6-7,10-11H,8-9H2,1-5H3,(H,19,24)(H,20,21,22). The third kappa shape index (κ3) is 5.32. The second-order valence-corrected chi connectivity index (χ2v) is 5.94. The summed E-state index contributed by atoms with van der Waals surface area (Å²) in [7, 11) is 7.07. The molecule has 0 saturated heterocycles. The van der Waals surface area contributed by atoms with Gasteiger partial charge in [0.25, 0.3) is 5.91 Å². The maximum absolute atomic E-state index is 12.3. The lowest BCUT2D eigenvalue weighted by Crippen LogP contribution is -2.32. The van der Waals surface area contributed by atoms with E-state index in [4.69, 9.17) is 9.47 Å². The number of carbonyl (C=O) groups excluding carboxylic acids is 1. The molecule has 0 atom stereocenters. The smallest absolute Gasteiger partial charge is 0.270 e. The molecule has 26 heavy (non-hydrogen) atoms. The summed E-state index contributed by atoms with van der Waals surface area (Å²) in [5.74, 6) is 2.07. The van der Waals surface area contributed by atoms with E-state index in [1.807, 2.05) is 31.1 Å². The summed E-state index contributed by atoms with van der Waals surface area (Å²) in [6, 6.07) is 7.02. The lowest BCUT2D eigenvalue weighted by Gasteiger charge is -2.13. The maximum atomic E-state index is 12.3. The molecule has 0 aliphatic heterocycles. The van der Waals surface area contributed by atoms with E-state index in [1.54, 1.807) is 33.3 Å². The summed E-state index contributed by atoms with van der Waals surface area (Å²) < 4.78 is 10.6. The minimum absolute atomic E-state index is 0.234. The van der Waals surface area contributed by atoms with E-state index >= 15 is 0 Å². The largest absolute Gasteiger partial charge is 0.497 e. The highest BCUT2D eigenvalue weighted by Crippen LogP contribution is 2.31. The van der Waals surface area contributed by atoms with Gasteiger partial charge < -0.3 is 25.0 Å². The molecule has 0 fully saturated rings. The maximum Gasteiger partial charge on any atom is 0.270 e. The molecule has 0 saturated carbocycles. The first-order valence-corrected chi connectivity index (χ1v) is 8.20. The Labute approximate surface area is 153 Å². The first-order valence-electron chi connectivity index (χ1n) is 8.20. The van der Waals surface area contributed by atoms with Crippen LogP contribution in [0.25, 0.3) is 0 Å². The van der Waals surface area contributed by atoms with Gasteiger partial charge in [-0.05, 0) is 33.2 Å². The van der Waals surface area contributed by atoms with Gasteiger partial charge in [0.15, 0.2) is 0 Å². The molecule has 8 nitrogen and oxygen atoms in total. The van der Waals surface area contributed by atoms with Crippen LogP contribution < -0.4 is 20.1 Å². The molecule has 2 aromatic rings. The Kier molecular flexibility index (Phi) is 6.74. The van der Waals surface area contributed by atoms with E-state index in [-0.39, 0.29) is 5.91 Å². The number of hydrogen-bond acceptors (Lipinski definition) is 7. The van der Waals surface area contributed by atoms with Crippen LogP contribution >= 0.6 is 0 Å². The summed E-state index contributed by atoms with van der Waals surface area (Å²) >= 11 is 0. The number of ether oxygens (including phenoxy) is 2. The van der Waals surface area contributed by atoms with Crippen LogP contribution in [0.5, 0.6) is 11.5 Å². The SMILES string of the molecule is COc1ccc(Nc2cc(C(=O)NCCN(C)C)nc(C)n2)c(OC)c1. The summed E-state index contributed by atoms with van der Waals surface area (Å²) in [6.07, 6.45) is 0. The topological polar surface area (TPSA) is 88.6 Å². The number of benzene rings is 1. The van der Waals surface area contributed by atoms with Crippen LogP contribution in [-0.2, 0) is 0 Å². The van der Waals surface area contributed by atoms with Gasteiger partial charge in [-0.25, -0.2) is 9.97 Å². The van der Waals surface area contributed by atoms with Crippen LogP contribution in [0.3, 0.4) is 0 Å². The molecule has 1 heterocycles. The number of aryl methyl sites for hydroxylation is 1. The van der Waals surface area contributed by atoms with Crippen molar-refractivity contribution in [1.29, 1.82) is 0 Å². The zero-order chi connectivity index (χ0) is 19.1. The average molecular weight is 359 g/mol. The Morgan fingerprint density at radius 2 is 1.92 bits per heavy atom. The molecular formula is C18H25N5O3. The van der Waals surface area contributed by atoms with Crippen LogP contribution in [0, 0.1) is 6.92 Å². The van der Waals surface area contributed by atoms with Gasteiger partial charge in [-0.2, -0.15) is 0 Å². The summed E-state index contributed by atoms with van der Waals surface area (Å²) in [5.41, 5.74) is 1.02. The van der Waals surface area contributed by atoms with Gasteiger partial charge >= 0.3 is 0 Å². The highest BCUT2D eigenvalue weighted by Gasteiger charge is 2.12. The molecule has 0 unspecified atom stereocenters. The Morgan fingerprint density at radius 3 is 2.58 bits per heavy atom. The number of hydrogen-bond donors (Lipinski definition) is 2. The molecule has 0 aliphatic carbocycles. The van der Waals surface area contributed by atoms with Gasteiger partial charge in [0.05, 0.1) is 19.9 Å². The van der Waals surface area contributed by atoms with Crippen molar-refractivity contribution in [2.75, 3.05) is 46.7 Å². The predicted molar refractivity (Wildman–Crippen MR) is 100 cm³/mol. The molecule has 8 heteroatoms. The van der Waals surface area contributed by atoms with Gasteiger partial charge in [0.1, 0.15) is 28.8 Å². The van der Waals surface area contributed by atoms with E-state index < -0.39 is 0 Å². The van der Waals surface area contributed by atoms with E-state index in [9.17, 15) is 4.79 Å². The lowest BCUT2D eigenvalue weighted by atomic mass is 10.2. The molecule has 0 spiro atoms. The Hall–Kier alpha value is -2.87. The fourth-order valence-corrected chi connectivity index (χ4v) is 2.27. The van der Waals surface area contributed by atoms with Gasteiger partial charge in [-0.15, -0.1) is 0 Å². The fourth-order valence-electron chi connectivity index (χ4n) is 2.27. The van der Waals surface area contributed by atoms with Crippen molar-refractivity contribution in [3.8, 4) is 11.5 Å². The van der Waals surface area contributed by atoms with Crippen molar-refractivity contribution in [1.82, 2.24) is 20.2 Å². The molecule has 1 aromatic heterocycles. The van der Waals surface area contributed by atoms with Crippen molar-refractivity contribution in [2.24, 2.45) is 0 Å².